The summed E-state index contributed by atoms with van der Waals surface area (Å²) in [6.45, 7) is 3.64. The third-order valence-electron chi connectivity index (χ3n) is 2.69. The second-order valence-corrected chi connectivity index (χ2v) is 4.19. The highest BCUT2D eigenvalue weighted by molar-refractivity contribution is 5.28. The fraction of sp³-hybridized carbons (Fsp3) is 0.538. The van der Waals surface area contributed by atoms with E-state index in [1.807, 2.05) is 6.92 Å². The van der Waals surface area contributed by atoms with Gasteiger partial charge in [0.15, 0.2) is 6.10 Å². The van der Waals surface area contributed by atoms with E-state index in [-0.39, 0.29) is 6.04 Å². The Kier molecular flexibility index (Phi) is 5.62. The van der Waals surface area contributed by atoms with E-state index in [0.29, 0.717) is 12.4 Å². The number of benzene rings is 1. The molecule has 6 heteroatoms. The standard InChI is InChI=1S/C13H18F3NO2/c1-3-19-11-6-4-10(5-7-11)9(2)17-8-12(18)13(14,15)16/h4-7,9,12,17-18H,3,8H2,1-2H3. The Morgan fingerprint density at radius 1 is 1.26 bits per heavy atom. The molecular weight excluding hydrogens is 259 g/mol. The van der Waals surface area contributed by atoms with Crippen molar-refractivity contribution in [1.29, 1.82) is 0 Å². The molecule has 3 nitrogen and oxygen atoms in total. The molecule has 0 amide bonds. The van der Waals surface area contributed by atoms with Gasteiger partial charge in [0, 0.05) is 12.6 Å². The molecule has 1 aromatic rings. The first-order valence-electron chi connectivity index (χ1n) is 6.05. The molecule has 0 aliphatic rings. The zero-order chi connectivity index (χ0) is 14.5. The van der Waals surface area contributed by atoms with Crippen LogP contribution in [0.3, 0.4) is 0 Å². The van der Waals surface area contributed by atoms with Crippen molar-refractivity contribution in [2.45, 2.75) is 32.2 Å². The predicted octanol–water partition coefficient (Wildman–Crippen LogP) is 2.66. The number of hydrogen-bond donors (Lipinski definition) is 2. The summed E-state index contributed by atoms with van der Waals surface area (Å²) in [7, 11) is 0. The first-order chi connectivity index (χ1) is 8.84. The Balaban J connectivity index is 2.51. The Morgan fingerprint density at radius 2 is 1.84 bits per heavy atom. The fourth-order valence-corrected chi connectivity index (χ4v) is 1.54. The second kappa shape index (κ2) is 6.77. The molecule has 2 unspecified atom stereocenters. The van der Waals surface area contributed by atoms with Gasteiger partial charge < -0.3 is 15.2 Å². The van der Waals surface area contributed by atoms with Crippen LogP contribution in [0.4, 0.5) is 13.2 Å². The average Bonchev–Trinajstić information content (AvgIpc) is 2.35. The molecule has 0 spiro atoms. The van der Waals surface area contributed by atoms with Gasteiger partial charge in [0.1, 0.15) is 5.75 Å². The first-order valence-corrected chi connectivity index (χ1v) is 6.05. The van der Waals surface area contributed by atoms with Gasteiger partial charge in [-0.3, -0.25) is 0 Å². The molecule has 0 aliphatic carbocycles. The molecule has 1 aromatic carbocycles. The summed E-state index contributed by atoms with van der Waals surface area (Å²) in [6.07, 6.45) is -6.94. The third-order valence-corrected chi connectivity index (χ3v) is 2.69. The van der Waals surface area contributed by atoms with Gasteiger partial charge in [-0.15, -0.1) is 0 Å². The van der Waals surface area contributed by atoms with E-state index >= 15 is 0 Å². The van der Waals surface area contributed by atoms with Crippen LogP contribution >= 0.6 is 0 Å². The van der Waals surface area contributed by atoms with Crippen molar-refractivity contribution in [2.75, 3.05) is 13.2 Å². The largest absolute Gasteiger partial charge is 0.494 e. The van der Waals surface area contributed by atoms with Crippen molar-refractivity contribution in [3.63, 3.8) is 0 Å². The quantitative estimate of drug-likeness (QED) is 0.840. The highest BCUT2D eigenvalue weighted by Gasteiger charge is 2.37. The lowest BCUT2D eigenvalue weighted by Gasteiger charge is -2.19. The Labute approximate surface area is 110 Å². The molecule has 2 N–H and O–H groups in total. The number of aliphatic hydroxyl groups is 1. The summed E-state index contributed by atoms with van der Waals surface area (Å²) in [6, 6.07) is 6.80. The Hall–Kier alpha value is -1.27. The zero-order valence-corrected chi connectivity index (χ0v) is 10.9. The number of aliphatic hydroxyl groups excluding tert-OH is 1. The number of hydrogen-bond acceptors (Lipinski definition) is 3. The smallest absolute Gasteiger partial charge is 0.415 e. The summed E-state index contributed by atoms with van der Waals surface area (Å²) < 4.78 is 41.7. The third kappa shape index (κ3) is 5.08. The SMILES string of the molecule is CCOc1ccc(C(C)NCC(O)C(F)(F)F)cc1. The molecule has 19 heavy (non-hydrogen) atoms. The van der Waals surface area contributed by atoms with Crippen molar-refractivity contribution in [3.8, 4) is 5.75 Å². The molecule has 0 bridgehead atoms. The van der Waals surface area contributed by atoms with Crippen LogP contribution in [0.1, 0.15) is 25.5 Å². The number of rotatable bonds is 6. The van der Waals surface area contributed by atoms with E-state index in [4.69, 9.17) is 9.84 Å². The Bertz CT molecular complexity index is 378. The minimum Gasteiger partial charge on any atom is -0.494 e. The van der Waals surface area contributed by atoms with Crippen LogP contribution in [0.25, 0.3) is 0 Å². The molecule has 0 heterocycles. The molecule has 0 saturated carbocycles. The number of ether oxygens (including phenoxy) is 1. The highest BCUT2D eigenvalue weighted by atomic mass is 19.4. The maximum atomic E-state index is 12.1. The summed E-state index contributed by atoms with van der Waals surface area (Å²) >= 11 is 0. The molecule has 1 rings (SSSR count). The van der Waals surface area contributed by atoms with Crippen molar-refractivity contribution in [2.24, 2.45) is 0 Å². The van der Waals surface area contributed by atoms with Crippen molar-refractivity contribution >= 4 is 0 Å². The van der Waals surface area contributed by atoms with Gasteiger partial charge in [-0.25, -0.2) is 0 Å². The van der Waals surface area contributed by atoms with E-state index < -0.39 is 18.8 Å². The monoisotopic (exact) mass is 277 g/mol. The van der Waals surface area contributed by atoms with Gasteiger partial charge in [0.05, 0.1) is 6.61 Å². The van der Waals surface area contributed by atoms with E-state index in [2.05, 4.69) is 5.32 Å². The number of nitrogens with one attached hydrogen (secondary N) is 1. The van der Waals surface area contributed by atoms with Crippen molar-refractivity contribution in [1.82, 2.24) is 5.32 Å². The minimum atomic E-state index is -4.59. The average molecular weight is 277 g/mol. The van der Waals surface area contributed by atoms with Crippen molar-refractivity contribution < 1.29 is 23.0 Å². The van der Waals surface area contributed by atoms with E-state index in [1.165, 1.54) is 0 Å². The van der Waals surface area contributed by atoms with Crippen LogP contribution in [0, 0.1) is 0 Å². The van der Waals surface area contributed by atoms with E-state index in [0.717, 1.165) is 5.56 Å². The lowest BCUT2D eigenvalue weighted by molar-refractivity contribution is -0.202. The summed E-state index contributed by atoms with van der Waals surface area (Å²) in [5, 5.41) is 11.5. The number of alkyl halides is 3. The highest BCUT2D eigenvalue weighted by Crippen LogP contribution is 2.21. The van der Waals surface area contributed by atoms with Crippen LogP contribution in [0.2, 0.25) is 0 Å². The fourth-order valence-electron chi connectivity index (χ4n) is 1.54. The van der Waals surface area contributed by atoms with Gasteiger partial charge >= 0.3 is 6.18 Å². The summed E-state index contributed by atoms with van der Waals surface area (Å²) in [4.78, 5) is 0. The summed E-state index contributed by atoms with van der Waals surface area (Å²) in [5.41, 5.74) is 0.831. The maximum Gasteiger partial charge on any atom is 0.415 e. The second-order valence-electron chi connectivity index (χ2n) is 4.19. The molecule has 0 fully saturated rings. The molecule has 0 saturated heterocycles. The van der Waals surface area contributed by atoms with Crippen LogP contribution in [0.15, 0.2) is 24.3 Å². The molecule has 0 radical (unpaired) electrons. The van der Waals surface area contributed by atoms with Crippen LogP contribution in [-0.2, 0) is 0 Å². The minimum absolute atomic E-state index is 0.285. The van der Waals surface area contributed by atoms with Crippen molar-refractivity contribution in [3.05, 3.63) is 29.8 Å². The van der Waals surface area contributed by atoms with E-state index in [1.54, 1.807) is 31.2 Å². The molecule has 108 valence electrons. The maximum absolute atomic E-state index is 12.1. The normalized spacial score (nSPS) is 15.1. The lowest BCUT2D eigenvalue weighted by Crippen LogP contribution is -2.39. The first kappa shape index (κ1) is 15.8. The van der Waals surface area contributed by atoms with Crippen LogP contribution in [0.5, 0.6) is 5.75 Å². The zero-order valence-electron chi connectivity index (χ0n) is 10.9. The predicted molar refractivity (Wildman–Crippen MR) is 66.1 cm³/mol. The van der Waals surface area contributed by atoms with E-state index in [9.17, 15) is 13.2 Å². The lowest BCUT2D eigenvalue weighted by atomic mass is 10.1. The molecular formula is C13H18F3NO2. The van der Waals surface area contributed by atoms with Crippen LogP contribution < -0.4 is 10.1 Å². The van der Waals surface area contributed by atoms with Gasteiger partial charge in [-0.05, 0) is 31.5 Å². The Morgan fingerprint density at radius 3 is 2.32 bits per heavy atom. The number of halogens is 3. The van der Waals surface area contributed by atoms with Crippen LogP contribution in [-0.4, -0.2) is 30.5 Å². The van der Waals surface area contributed by atoms with Gasteiger partial charge in [-0.1, -0.05) is 12.1 Å². The topological polar surface area (TPSA) is 41.5 Å². The van der Waals surface area contributed by atoms with Gasteiger partial charge in [-0.2, -0.15) is 13.2 Å². The molecule has 0 aromatic heterocycles. The van der Waals surface area contributed by atoms with Gasteiger partial charge in [0.25, 0.3) is 0 Å². The molecule has 2 atom stereocenters. The molecule has 0 aliphatic heterocycles. The van der Waals surface area contributed by atoms with Gasteiger partial charge in [0.2, 0.25) is 0 Å². The summed E-state index contributed by atoms with van der Waals surface area (Å²) in [5.74, 6) is 0.716.